The van der Waals surface area contributed by atoms with Gasteiger partial charge in [-0.05, 0) is 19.3 Å². The predicted octanol–water partition coefficient (Wildman–Crippen LogP) is 0.359. The van der Waals surface area contributed by atoms with E-state index in [1.165, 1.54) is 4.57 Å². The van der Waals surface area contributed by atoms with Crippen molar-refractivity contribution in [3.05, 3.63) is 20.8 Å². The number of anilines is 2. The van der Waals surface area contributed by atoms with Gasteiger partial charge in [0, 0.05) is 45.7 Å². The highest BCUT2D eigenvalue weighted by Crippen LogP contribution is 2.29. The van der Waals surface area contributed by atoms with Crippen LogP contribution in [0.15, 0.2) is 9.59 Å². The Bertz CT molecular complexity index is 909. The van der Waals surface area contributed by atoms with Gasteiger partial charge in [0.15, 0.2) is 5.69 Å². The lowest BCUT2D eigenvalue weighted by atomic mass is 10.1. The number of hydrogen-bond acceptors (Lipinski definition) is 6. The van der Waals surface area contributed by atoms with Gasteiger partial charge >= 0.3 is 5.69 Å². The van der Waals surface area contributed by atoms with Crippen molar-refractivity contribution < 1.29 is 9.59 Å². The Morgan fingerprint density at radius 2 is 1.77 bits per heavy atom. The third-order valence-corrected chi connectivity index (χ3v) is 6.33. The van der Waals surface area contributed by atoms with Crippen molar-refractivity contribution >= 4 is 23.3 Å². The van der Waals surface area contributed by atoms with E-state index in [9.17, 15) is 19.2 Å². The van der Waals surface area contributed by atoms with E-state index in [1.807, 2.05) is 11.8 Å². The molecule has 1 aromatic heterocycles. The van der Waals surface area contributed by atoms with Crippen LogP contribution in [0.25, 0.3) is 0 Å². The Labute approximate surface area is 182 Å². The number of nitrogens with zero attached hydrogens (tertiary/aromatic N) is 4. The first-order chi connectivity index (χ1) is 14.8. The fraction of sp³-hybridized carbons (Fsp3) is 0.714. The molecule has 1 saturated carbocycles. The molecule has 31 heavy (non-hydrogen) atoms. The van der Waals surface area contributed by atoms with Gasteiger partial charge < -0.3 is 15.5 Å². The van der Waals surface area contributed by atoms with Crippen LogP contribution >= 0.6 is 0 Å². The highest BCUT2D eigenvalue weighted by Gasteiger charge is 2.33. The normalized spacial score (nSPS) is 17.8. The summed E-state index contributed by atoms with van der Waals surface area (Å²) in [5, 5.41) is 0. The molecule has 10 heteroatoms. The van der Waals surface area contributed by atoms with Crippen molar-refractivity contribution in [2.45, 2.75) is 65.0 Å². The van der Waals surface area contributed by atoms with Crippen LogP contribution in [0.3, 0.4) is 0 Å². The van der Waals surface area contributed by atoms with E-state index >= 15 is 0 Å². The van der Waals surface area contributed by atoms with Crippen LogP contribution in [0.5, 0.6) is 0 Å². The van der Waals surface area contributed by atoms with Crippen molar-refractivity contribution in [1.82, 2.24) is 19.4 Å². The van der Waals surface area contributed by atoms with Gasteiger partial charge in [-0.25, -0.2) is 4.79 Å². The minimum absolute atomic E-state index is 0.0344. The standard InChI is InChI=1S/C21H34N6O4/c1-3-4-9-26-19(22)18(20(30)23-21(26)31)27(16-7-5-6-8-16)17(29)14-24-10-12-25(13-11-24)15(2)28/h16H,3-14,22H2,1-2H3,(H,23,30,31). The molecule has 0 bridgehead atoms. The monoisotopic (exact) mass is 434 g/mol. The van der Waals surface area contributed by atoms with Gasteiger partial charge in [0.05, 0.1) is 6.54 Å². The Hall–Kier alpha value is -2.62. The summed E-state index contributed by atoms with van der Waals surface area (Å²) >= 11 is 0. The summed E-state index contributed by atoms with van der Waals surface area (Å²) in [6.07, 6.45) is 5.19. The lowest BCUT2D eigenvalue weighted by molar-refractivity contribution is -0.130. The molecule has 0 aromatic carbocycles. The summed E-state index contributed by atoms with van der Waals surface area (Å²) in [5.41, 5.74) is 5.24. The number of nitrogens with one attached hydrogen (secondary N) is 1. The molecule has 1 aliphatic heterocycles. The van der Waals surface area contributed by atoms with Crippen molar-refractivity contribution in [3.8, 4) is 0 Å². The fourth-order valence-electron chi connectivity index (χ4n) is 4.51. The molecule has 3 rings (SSSR count). The maximum atomic E-state index is 13.4. The van der Waals surface area contributed by atoms with Crippen LogP contribution in [0, 0.1) is 0 Å². The minimum Gasteiger partial charge on any atom is -0.383 e. The van der Waals surface area contributed by atoms with E-state index < -0.39 is 11.2 Å². The number of hydrogen-bond donors (Lipinski definition) is 2. The highest BCUT2D eigenvalue weighted by atomic mass is 16.2. The maximum Gasteiger partial charge on any atom is 0.330 e. The zero-order valence-corrected chi connectivity index (χ0v) is 18.6. The lowest BCUT2D eigenvalue weighted by Crippen LogP contribution is -2.53. The maximum absolute atomic E-state index is 13.4. The summed E-state index contributed by atoms with van der Waals surface area (Å²) in [7, 11) is 0. The van der Waals surface area contributed by atoms with Crippen LogP contribution in [0.4, 0.5) is 11.5 Å². The first-order valence-corrected chi connectivity index (χ1v) is 11.3. The number of aromatic amines is 1. The van der Waals surface area contributed by atoms with Crippen LogP contribution < -0.4 is 21.9 Å². The molecule has 0 radical (unpaired) electrons. The van der Waals surface area contributed by atoms with Gasteiger partial charge in [0.2, 0.25) is 11.8 Å². The topological polar surface area (TPSA) is 125 Å². The molecule has 2 heterocycles. The van der Waals surface area contributed by atoms with Crippen molar-refractivity contribution in [2.75, 3.05) is 43.4 Å². The molecule has 0 unspecified atom stereocenters. The summed E-state index contributed by atoms with van der Waals surface area (Å²) in [4.78, 5) is 57.8. The molecule has 10 nitrogen and oxygen atoms in total. The number of amides is 2. The van der Waals surface area contributed by atoms with E-state index in [4.69, 9.17) is 5.73 Å². The first kappa shape index (κ1) is 23.1. The predicted molar refractivity (Wildman–Crippen MR) is 119 cm³/mol. The second-order valence-electron chi connectivity index (χ2n) is 8.48. The summed E-state index contributed by atoms with van der Waals surface area (Å²) < 4.78 is 1.36. The van der Waals surface area contributed by atoms with Crippen LogP contribution in [-0.4, -0.2) is 69.9 Å². The number of carbonyl (C=O) groups is 2. The van der Waals surface area contributed by atoms with E-state index in [0.717, 1.165) is 38.5 Å². The number of nitrogens with two attached hydrogens (primary N) is 1. The van der Waals surface area contributed by atoms with Gasteiger partial charge in [-0.15, -0.1) is 0 Å². The second-order valence-corrected chi connectivity index (χ2v) is 8.48. The minimum atomic E-state index is -0.614. The molecule has 0 atom stereocenters. The van der Waals surface area contributed by atoms with Crippen LogP contribution in [0.2, 0.25) is 0 Å². The molecule has 172 valence electrons. The van der Waals surface area contributed by atoms with Crippen molar-refractivity contribution in [1.29, 1.82) is 0 Å². The molecular weight excluding hydrogens is 400 g/mol. The smallest absolute Gasteiger partial charge is 0.330 e. The van der Waals surface area contributed by atoms with Crippen LogP contribution in [-0.2, 0) is 16.1 Å². The Balaban J connectivity index is 1.88. The van der Waals surface area contributed by atoms with Gasteiger partial charge in [0.25, 0.3) is 5.56 Å². The number of rotatable bonds is 7. The number of H-pyrrole nitrogens is 1. The molecule has 2 aliphatic rings. The lowest BCUT2D eigenvalue weighted by Gasteiger charge is -2.36. The number of carbonyl (C=O) groups excluding carboxylic acids is 2. The number of nitrogen functional groups attached to an aromatic ring is 1. The Kier molecular flexibility index (Phi) is 7.53. The Morgan fingerprint density at radius 1 is 1.13 bits per heavy atom. The van der Waals surface area contributed by atoms with Crippen molar-refractivity contribution in [2.24, 2.45) is 0 Å². The quantitative estimate of drug-likeness (QED) is 0.638. The van der Waals surface area contributed by atoms with E-state index in [-0.39, 0.29) is 35.9 Å². The summed E-state index contributed by atoms with van der Waals surface area (Å²) in [6, 6.07) is -0.105. The highest BCUT2D eigenvalue weighted by molar-refractivity contribution is 5.97. The zero-order valence-electron chi connectivity index (χ0n) is 18.6. The fourth-order valence-corrected chi connectivity index (χ4v) is 4.51. The third-order valence-electron chi connectivity index (χ3n) is 6.33. The van der Waals surface area contributed by atoms with E-state index in [1.54, 1.807) is 16.7 Å². The van der Waals surface area contributed by atoms with Gasteiger partial charge in [-0.3, -0.25) is 28.8 Å². The van der Waals surface area contributed by atoms with Gasteiger partial charge in [-0.2, -0.15) is 0 Å². The molecule has 1 aliphatic carbocycles. The summed E-state index contributed by atoms with van der Waals surface area (Å²) in [6.45, 7) is 6.46. The molecule has 1 saturated heterocycles. The van der Waals surface area contributed by atoms with Gasteiger partial charge in [0.1, 0.15) is 5.82 Å². The van der Waals surface area contributed by atoms with Gasteiger partial charge in [-0.1, -0.05) is 26.2 Å². The Morgan fingerprint density at radius 3 is 2.35 bits per heavy atom. The van der Waals surface area contributed by atoms with Crippen LogP contribution in [0.1, 0.15) is 52.4 Å². The first-order valence-electron chi connectivity index (χ1n) is 11.3. The number of aromatic nitrogens is 2. The molecular formula is C21H34N6O4. The zero-order chi connectivity index (χ0) is 22.5. The molecule has 1 aromatic rings. The molecule has 3 N–H and O–H groups in total. The second kappa shape index (κ2) is 10.1. The average molecular weight is 435 g/mol. The van der Waals surface area contributed by atoms with E-state index in [0.29, 0.717) is 32.7 Å². The number of piperazine rings is 1. The number of unbranched alkanes of at least 4 members (excludes halogenated alkanes) is 1. The van der Waals surface area contributed by atoms with E-state index in [2.05, 4.69) is 4.98 Å². The molecule has 2 fully saturated rings. The van der Waals surface area contributed by atoms with Crippen molar-refractivity contribution in [3.63, 3.8) is 0 Å². The third kappa shape index (κ3) is 5.17. The SMILES string of the molecule is CCCCn1c(N)c(N(C(=O)CN2CCN(C(C)=O)CC2)C2CCCC2)c(=O)[nH]c1=O. The summed E-state index contributed by atoms with van der Waals surface area (Å²) in [5.74, 6) is -0.0999. The molecule has 2 amide bonds. The molecule has 0 spiro atoms. The largest absolute Gasteiger partial charge is 0.383 e. The average Bonchev–Trinajstić information content (AvgIpc) is 3.25.